The number of nitrogens with zero attached hydrogens (tertiary/aromatic N) is 5. The second-order valence-electron chi connectivity index (χ2n) is 5.35. The van der Waals surface area contributed by atoms with Gasteiger partial charge in [0, 0.05) is 14.1 Å². The van der Waals surface area contributed by atoms with Crippen molar-refractivity contribution in [1.29, 1.82) is 0 Å². The molecule has 3 heterocycles. The van der Waals surface area contributed by atoms with Gasteiger partial charge in [0.1, 0.15) is 17.9 Å². The molecule has 1 saturated heterocycles. The third-order valence-corrected chi connectivity index (χ3v) is 3.51. The summed E-state index contributed by atoms with van der Waals surface area (Å²) < 4.78 is 7.64. The molecule has 1 N–H and O–H groups in total. The van der Waals surface area contributed by atoms with Gasteiger partial charge in [-0.2, -0.15) is 5.10 Å². The van der Waals surface area contributed by atoms with Crippen molar-refractivity contribution in [2.75, 3.05) is 20.7 Å². The maximum atomic E-state index is 9.18. The molecule has 3 rings (SSSR count). The highest BCUT2D eigenvalue weighted by Crippen LogP contribution is 2.34. The van der Waals surface area contributed by atoms with Gasteiger partial charge in [-0.1, -0.05) is 0 Å². The molecule has 112 valence electrons. The minimum absolute atomic E-state index is 0.0368. The Morgan fingerprint density at radius 3 is 3.05 bits per heavy atom. The van der Waals surface area contributed by atoms with Gasteiger partial charge in [-0.25, -0.2) is 14.5 Å². The van der Waals surface area contributed by atoms with Gasteiger partial charge in [-0.05, 0) is 25.0 Å². The number of fused-ring (bicyclic) bond motifs is 1. The summed E-state index contributed by atoms with van der Waals surface area (Å²) in [5, 5.41) is 13.5. The lowest BCUT2D eigenvalue weighted by Gasteiger charge is -2.12. The van der Waals surface area contributed by atoms with E-state index in [1.165, 1.54) is 6.33 Å². The first kappa shape index (κ1) is 14.0. The van der Waals surface area contributed by atoms with E-state index in [0.717, 1.165) is 24.1 Å². The maximum Gasteiger partial charge on any atom is 0.181 e. The molecule has 0 saturated carbocycles. The number of aliphatic imine (C=N–C) groups is 1. The summed E-state index contributed by atoms with van der Waals surface area (Å²) in [4.78, 5) is 10.4. The summed E-state index contributed by atoms with van der Waals surface area (Å²) in [6, 6.07) is 3.94. The van der Waals surface area contributed by atoms with Crippen LogP contribution in [0.3, 0.4) is 0 Å². The molecule has 0 unspecified atom stereocenters. The number of hydrogen-bond donors (Lipinski definition) is 1. The van der Waals surface area contributed by atoms with Gasteiger partial charge < -0.3 is 14.7 Å². The second kappa shape index (κ2) is 5.79. The highest BCUT2D eigenvalue weighted by molar-refractivity contribution is 5.70. The van der Waals surface area contributed by atoms with Crippen molar-refractivity contribution >= 4 is 17.7 Å². The molecule has 0 spiro atoms. The van der Waals surface area contributed by atoms with Crippen LogP contribution < -0.4 is 0 Å². The van der Waals surface area contributed by atoms with Crippen molar-refractivity contribution in [3.63, 3.8) is 0 Å². The molecule has 0 radical (unpaired) electrons. The van der Waals surface area contributed by atoms with Crippen molar-refractivity contribution in [3.05, 3.63) is 24.2 Å². The molecule has 0 bridgehead atoms. The van der Waals surface area contributed by atoms with E-state index in [0.29, 0.717) is 5.82 Å². The Morgan fingerprint density at radius 2 is 2.33 bits per heavy atom. The minimum atomic E-state index is -0.0754. The van der Waals surface area contributed by atoms with E-state index in [-0.39, 0.29) is 18.8 Å². The number of aliphatic hydroxyl groups excluding tert-OH is 1. The van der Waals surface area contributed by atoms with Gasteiger partial charge in [0.05, 0.1) is 24.7 Å². The molecule has 7 nitrogen and oxygen atoms in total. The quantitative estimate of drug-likeness (QED) is 0.675. The van der Waals surface area contributed by atoms with Gasteiger partial charge in [0.2, 0.25) is 0 Å². The average molecular weight is 289 g/mol. The predicted octanol–water partition coefficient (Wildman–Crippen LogP) is 1.16. The summed E-state index contributed by atoms with van der Waals surface area (Å²) in [6.07, 6.45) is 4.85. The SMILES string of the molecule is CN(C)C=Nc1ncnn2c([C@H]3CC[C@@H](CO)O3)ccc12. The number of ether oxygens (including phenoxy) is 1. The predicted molar refractivity (Wildman–Crippen MR) is 78.8 cm³/mol. The Hall–Kier alpha value is -1.99. The molecular weight excluding hydrogens is 270 g/mol. The zero-order valence-corrected chi connectivity index (χ0v) is 12.2. The summed E-state index contributed by atoms with van der Waals surface area (Å²) in [7, 11) is 3.82. The maximum absolute atomic E-state index is 9.18. The lowest BCUT2D eigenvalue weighted by Crippen LogP contribution is -2.12. The van der Waals surface area contributed by atoms with E-state index in [1.54, 1.807) is 6.34 Å². The van der Waals surface area contributed by atoms with E-state index in [2.05, 4.69) is 15.1 Å². The zero-order valence-electron chi connectivity index (χ0n) is 12.2. The van der Waals surface area contributed by atoms with Crippen LogP contribution in [-0.2, 0) is 4.74 Å². The molecule has 21 heavy (non-hydrogen) atoms. The van der Waals surface area contributed by atoms with Gasteiger partial charge in [0.15, 0.2) is 5.82 Å². The topological polar surface area (TPSA) is 75.3 Å². The molecule has 2 atom stereocenters. The van der Waals surface area contributed by atoms with Crippen LogP contribution in [0.1, 0.15) is 24.6 Å². The van der Waals surface area contributed by atoms with Gasteiger partial charge >= 0.3 is 0 Å². The highest BCUT2D eigenvalue weighted by Gasteiger charge is 2.28. The van der Waals surface area contributed by atoms with Crippen molar-refractivity contribution in [2.45, 2.75) is 25.0 Å². The van der Waals surface area contributed by atoms with Crippen LogP contribution >= 0.6 is 0 Å². The van der Waals surface area contributed by atoms with Crippen LogP contribution in [0.5, 0.6) is 0 Å². The Bertz CT molecular complexity index is 652. The van der Waals surface area contributed by atoms with Gasteiger partial charge in [0.25, 0.3) is 0 Å². The fourth-order valence-corrected chi connectivity index (χ4v) is 2.51. The molecule has 0 amide bonds. The Balaban J connectivity index is 1.94. The van der Waals surface area contributed by atoms with Crippen LogP contribution in [0.25, 0.3) is 5.52 Å². The molecule has 1 fully saturated rings. The first-order valence-corrected chi connectivity index (χ1v) is 6.98. The van der Waals surface area contributed by atoms with E-state index in [1.807, 2.05) is 35.6 Å². The number of rotatable bonds is 4. The molecule has 0 aromatic carbocycles. The van der Waals surface area contributed by atoms with E-state index in [4.69, 9.17) is 4.74 Å². The fraction of sp³-hybridized carbons (Fsp3) is 0.500. The van der Waals surface area contributed by atoms with Crippen LogP contribution in [0, 0.1) is 0 Å². The molecule has 1 aliphatic rings. The average Bonchev–Trinajstić information content (AvgIpc) is 3.10. The Kier molecular flexibility index (Phi) is 3.85. The summed E-state index contributed by atoms with van der Waals surface area (Å²) >= 11 is 0. The van der Waals surface area contributed by atoms with E-state index >= 15 is 0 Å². The van der Waals surface area contributed by atoms with Crippen molar-refractivity contribution in [2.24, 2.45) is 4.99 Å². The molecule has 0 aliphatic carbocycles. The Labute approximate surface area is 122 Å². The smallest absolute Gasteiger partial charge is 0.181 e. The molecule has 2 aromatic rings. The third kappa shape index (κ3) is 2.74. The van der Waals surface area contributed by atoms with Crippen molar-refractivity contribution < 1.29 is 9.84 Å². The molecule has 7 heteroatoms. The summed E-state index contributed by atoms with van der Waals surface area (Å²) in [6.45, 7) is 0.0627. The first-order chi connectivity index (χ1) is 10.2. The fourth-order valence-electron chi connectivity index (χ4n) is 2.51. The molecule has 2 aromatic heterocycles. The van der Waals surface area contributed by atoms with E-state index in [9.17, 15) is 5.11 Å². The molecule has 1 aliphatic heterocycles. The minimum Gasteiger partial charge on any atom is -0.394 e. The van der Waals surface area contributed by atoms with Crippen LogP contribution in [-0.4, -0.2) is 57.7 Å². The normalized spacial score (nSPS) is 22.4. The van der Waals surface area contributed by atoms with Gasteiger partial charge in [-0.3, -0.25) is 0 Å². The first-order valence-electron chi connectivity index (χ1n) is 6.98. The van der Waals surface area contributed by atoms with Crippen LogP contribution in [0.4, 0.5) is 5.82 Å². The van der Waals surface area contributed by atoms with Crippen LogP contribution in [0.15, 0.2) is 23.5 Å². The third-order valence-electron chi connectivity index (χ3n) is 3.51. The zero-order chi connectivity index (χ0) is 14.8. The van der Waals surface area contributed by atoms with Crippen LogP contribution in [0.2, 0.25) is 0 Å². The largest absolute Gasteiger partial charge is 0.394 e. The monoisotopic (exact) mass is 289 g/mol. The number of aromatic nitrogens is 3. The van der Waals surface area contributed by atoms with Crippen molar-refractivity contribution in [3.8, 4) is 0 Å². The van der Waals surface area contributed by atoms with Crippen molar-refractivity contribution in [1.82, 2.24) is 19.5 Å². The molecular formula is C14H19N5O2. The van der Waals surface area contributed by atoms with E-state index < -0.39 is 0 Å². The highest BCUT2D eigenvalue weighted by atomic mass is 16.5. The summed E-state index contributed by atoms with van der Waals surface area (Å²) in [5.41, 5.74) is 1.83. The second-order valence-corrected chi connectivity index (χ2v) is 5.35. The van der Waals surface area contributed by atoms with Gasteiger partial charge in [-0.15, -0.1) is 0 Å². The number of aliphatic hydroxyl groups is 1. The Morgan fingerprint density at radius 1 is 1.48 bits per heavy atom. The lowest BCUT2D eigenvalue weighted by atomic mass is 10.1. The summed E-state index contributed by atoms with van der Waals surface area (Å²) in [5.74, 6) is 0.627. The lowest BCUT2D eigenvalue weighted by molar-refractivity contribution is 0.00856. The standard InChI is InChI=1S/C14H19N5O2/c1-18(2)9-16-14-12-5-4-11(19(12)17-8-15-14)13-6-3-10(7-20)21-13/h4-5,8-10,13,20H,3,6-7H2,1-2H3/t10-,13+/m0/s1. The number of hydrogen-bond acceptors (Lipinski definition) is 5.